The second kappa shape index (κ2) is 6.39. The predicted octanol–water partition coefficient (Wildman–Crippen LogP) is 2.37. The van der Waals surface area contributed by atoms with Crippen molar-refractivity contribution in [3.05, 3.63) is 36.3 Å². The molecule has 3 aromatic heterocycles. The normalized spacial score (nSPS) is 17.8. The maximum atomic E-state index is 11.5. The highest BCUT2D eigenvalue weighted by molar-refractivity contribution is 6.62. The Kier molecular flexibility index (Phi) is 4.24. The van der Waals surface area contributed by atoms with E-state index in [0.717, 1.165) is 5.46 Å². The van der Waals surface area contributed by atoms with Crippen LogP contribution in [-0.2, 0) is 14.0 Å². The minimum atomic E-state index is -0.525. The maximum absolute atomic E-state index is 11.5. The zero-order valence-corrected chi connectivity index (χ0v) is 16.3. The number of rotatable bonds is 3. The molecule has 0 spiro atoms. The number of ether oxygens (including phenoxy) is 1. The molecule has 9 heteroatoms. The van der Waals surface area contributed by atoms with Crippen molar-refractivity contribution in [2.24, 2.45) is 0 Å². The predicted molar refractivity (Wildman–Crippen MR) is 102 cm³/mol. The van der Waals surface area contributed by atoms with Gasteiger partial charge in [0.25, 0.3) is 0 Å². The Balaban J connectivity index is 1.63. The van der Waals surface area contributed by atoms with Gasteiger partial charge >= 0.3 is 13.1 Å². The summed E-state index contributed by atoms with van der Waals surface area (Å²) in [4.78, 5) is 24.4. The molecule has 0 aliphatic carbocycles. The van der Waals surface area contributed by atoms with Gasteiger partial charge in [0.05, 0.1) is 23.9 Å². The van der Waals surface area contributed by atoms with Crippen molar-refractivity contribution in [2.45, 2.75) is 38.9 Å². The summed E-state index contributed by atoms with van der Waals surface area (Å²) in [7, 11) is 0.783. The third-order valence-corrected chi connectivity index (χ3v) is 5.20. The quantitative estimate of drug-likeness (QED) is 0.504. The number of carbonyl (C=O) groups is 1. The number of hydrogen-bond acceptors (Lipinski definition) is 8. The molecule has 0 amide bonds. The van der Waals surface area contributed by atoms with E-state index in [4.69, 9.17) is 13.7 Å². The maximum Gasteiger partial charge on any atom is 0.496 e. The summed E-state index contributed by atoms with van der Waals surface area (Å²) in [5, 5.41) is 0. The van der Waals surface area contributed by atoms with Gasteiger partial charge in [0.15, 0.2) is 0 Å². The summed E-state index contributed by atoms with van der Waals surface area (Å²) in [5.74, 6) is -0.143. The van der Waals surface area contributed by atoms with Gasteiger partial charge in [-0.25, -0.2) is 19.7 Å². The Morgan fingerprint density at radius 2 is 1.79 bits per heavy atom. The number of carbonyl (C=O) groups excluding carboxylic acids is 1. The lowest BCUT2D eigenvalue weighted by molar-refractivity contribution is 0.00578. The third-order valence-electron chi connectivity index (χ3n) is 5.20. The fraction of sp³-hybridized carbons (Fsp3) is 0.368. The number of hydrogen-bond donors (Lipinski definition) is 0. The van der Waals surface area contributed by atoms with Crippen LogP contribution < -0.4 is 5.46 Å². The lowest BCUT2D eigenvalue weighted by Gasteiger charge is -2.32. The molecule has 3 aromatic rings. The smallest absolute Gasteiger partial charge is 0.464 e. The topological polar surface area (TPSA) is 96.6 Å². The van der Waals surface area contributed by atoms with Crippen LogP contribution in [0.25, 0.3) is 22.7 Å². The van der Waals surface area contributed by atoms with Crippen molar-refractivity contribution in [1.82, 2.24) is 15.0 Å². The first kappa shape index (κ1) is 18.6. The average molecular weight is 381 g/mol. The Labute approximate surface area is 162 Å². The molecule has 0 N–H and O–H groups in total. The summed E-state index contributed by atoms with van der Waals surface area (Å²) in [6.07, 6.45) is 3.17. The van der Waals surface area contributed by atoms with E-state index in [2.05, 4.69) is 19.7 Å². The van der Waals surface area contributed by atoms with Crippen LogP contribution in [0.1, 0.15) is 38.2 Å². The highest BCUT2D eigenvalue weighted by Crippen LogP contribution is 2.36. The van der Waals surface area contributed by atoms with Gasteiger partial charge in [-0.3, -0.25) is 0 Å². The van der Waals surface area contributed by atoms with E-state index in [1.54, 1.807) is 18.3 Å². The minimum absolute atomic E-state index is 0.212. The average Bonchev–Trinajstić information content (AvgIpc) is 3.18. The van der Waals surface area contributed by atoms with Gasteiger partial charge in [-0.15, -0.1) is 0 Å². The largest absolute Gasteiger partial charge is 0.496 e. The number of nitrogens with zero attached hydrogens (tertiary/aromatic N) is 3. The van der Waals surface area contributed by atoms with Crippen molar-refractivity contribution in [1.29, 1.82) is 0 Å². The van der Waals surface area contributed by atoms with Crippen LogP contribution in [0.5, 0.6) is 0 Å². The fourth-order valence-corrected chi connectivity index (χ4v) is 2.82. The van der Waals surface area contributed by atoms with Gasteiger partial charge in [0.1, 0.15) is 11.2 Å². The Morgan fingerprint density at radius 1 is 1.07 bits per heavy atom. The van der Waals surface area contributed by atoms with Gasteiger partial charge in [-0.1, -0.05) is 0 Å². The van der Waals surface area contributed by atoms with Crippen LogP contribution in [-0.4, -0.2) is 46.4 Å². The standard InChI is InChI=1S/C19H20BN3O5/c1-18(2)19(3,4)28-20(27-18)12-8-14-16(22-10-12)26-15(23-14)11-6-7-13(21-9-11)17(24)25-5/h6-10H,1-5H3. The second-order valence-electron chi connectivity index (χ2n) is 7.62. The van der Waals surface area contributed by atoms with E-state index in [-0.39, 0.29) is 5.69 Å². The first-order valence-electron chi connectivity index (χ1n) is 8.87. The van der Waals surface area contributed by atoms with Crippen molar-refractivity contribution < 1.29 is 23.3 Å². The van der Waals surface area contributed by atoms with Gasteiger partial charge in [-0.2, -0.15) is 0 Å². The van der Waals surface area contributed by atoms with Crippen LogP contribution in [0.3, 0.4) is 0 Å². The number of pyridine rings is 2. The van der Waals surface area contributed by atoms with Crippen molar-refractivity contribution >= 4 is 29.8 Å². The van der Waals surface area contributed by atoms with Gasteiger partial charge in [0, 0.05) is 17.9 Å². The molecule has 1 saturated heterocycles. The molecule has 1 aliphatic heterocycles. The first-order valence-corrected chi connectivity index (χ1v) is 8.87. The molecule has 1 aliphatic rings. The molecule has 0 bridgehead atoms. The van der Waals surface area contributed by atoms with Crippen LogP contribution in [0.15, 0.2) is 35.0 Å². The lowest BCUT2D eigenvalue weighted by atomic mass is 9.80. The molecular weight excluding hydrogens is 361 g/mol. The molecule has 0 saturated carbocycles. The van der Waals surface area contributed by atoms with Crippen LogP contribution in [0.4, 0.5) is 0 Å². The molecule has 4 heterocycles. The SMILES string of the molecule is COC(=O)c1ccc(-c2nc3cc(B4OC(C)(C)C(C)(C)O4)cnc3o2)cn1. The molecular formula is C19H20BN3O5. The van der Waals surface area contributed by atoms with Crippen molar-refractivity contribution in [2.75, 3.05) is 7.11 Å². The number of aromatic nitrogens is 3. The van der Waals surface area contributed by atoms with E-state index in [9.17, 15) is 4.79 Å². The molecule has 0 atom stereocenters. The molecule has 0 radical (unpaired) electrons. The zero-order chi connectivity index (χ0) is 20.1. The Bertz CT molecular complexity index is 1030. The molecule has 28 heavy (non-hydrogen) atoms. The first-order chi connectivity index (χ1) is 13.2. The van der Waals surface area contributed by atoms with E-state index >= 15 is 0 Å². The van der Waals surface area contributed by atoms with E-state index in [1.165, 1.54) is 13.3 Å². The van der Waals surface area contributed by atoms with Gasteiger partial charge in [0.2, 0.25) is 11.6 Å². The molecule has 4 rings (SSSR count). The Morgan fingerprint density at radius 3 is 2.39 bits per heavy atom. The van der Waals surface area contributed by atoms with E-state index in [0.29, 0.717) is 22.7 Å². The fourth-order valence-electron chi connectivity index (χ4n) is 2.82. The summed E-state index contributed by atoms with van der Waals surface area (Å²) in [5.41, 5.74) is 1.71. The number of fused-ring (bicyclic) bond motifs is 1. The van der Waals surface area contributed by atoms with Crippen molar-refractivity contribution in [3.8, 4) is 11.5 Å². The molecule has 0 unspecified atom stereocenters. The monoisotopic (exact) mass is 381 g/mol. The summed E-state index contributed by atoms with van der Waals surface area (Å²) in [6.45, 7) is 7.99. The number of esters is 1. The summed E-state index contributed by atoms with van der Waals surface area (Å²) in [6, 6.07) is 5.09. The minimum Gasteiger partial charge on any atom is -0.464 e. The molecule has 1 fully saturated rings. The molecule has 8 nitrogen and oxygen atoms in total. The van der Waals surface area contributed by atoms with Crippen LogP contribution in [0, 0.1) is 0 Å². The Hall–Kier alpha value is -2.78. The lowest BCUT2D eigenvalue weighted by Crippen LogP contribution is -2.41. The summed E-state index contributed by atoms with van der Waals surface area (Å²) >= 11 is 0. The van der Waals surface area contributed by atoms with E-state index in [1.807, 2.05) is 33.8 Å². The van der Waals surface area contributed by atoms with Gasteiger partial charge < -0.3 is 18.5 Å². The number of oxazole rings is 1. The van der Waals surface area contributed by atoms with Crippen LogP contribution >= 0.6 is 0 Å². The summed E-state index contributed by atoms with van der Waals surface area (Å²) < 4.78 is 22.5. The molecule has 144 valence electrons. The second-order valence-corrected chi connectivity index (χ2v) is 7.62. The highest BCUT2D eigenvalue weighted by Gasteiger charge is 2.51. The number of methoxy groups -OCH3 is 1. The van der Waals surface area contributed by atoms with Crippen LogP contribution in [0.2, 0.25) is 0 Å². The zero-order valence-electron chi connectivity index (χ0n) is 16.3. The van der Waals surface area contributed by atoms with Gasteiger partial charge in [-0.05, 0) is 45.9 Å². The molecule has 0 aromatic carbocycles. The van der Waals surface area contributed by atoms with Crippen molar-refractivity contribution in [3.63, 3.8) is 0 Å². The highest BCUT2D eigenvalue weighted by atomic mass is 16.7. The third kappa shape index (κ3) is 3.06. The van der Waals surface area contributed by atoms with E-state index < -0.39 is 24.3 Å².